The molecule has 0 aromatic heterocycles. The summed E-state index contributed by atoms with van der Waals surface area (Å²) in [4.78, 5) is 0. The van der Waals surface area contributed by atoms with Crippen molar-refractivity contribution in [2.45, 2.75) is 6.42 Å². The first-order valence-electron chi connectivity index (χ1n) is 3.36. The molecule has 0 spiro atoms. The summed E-state index contributed by atoms with van der Waals surface area (Å²) in [5, 5.41) is 0. The second-order valence-electron chi connectivity index (χ2n) is 2.30. The maximum Gasteiger partial charge on any atom is 0.130 e. The molecule has 0 unspecified atom stereocenters. The van der Waals surface area contributed by atoms with E-state index in [1.807, 2.05) is 24.3 Å². The Bertz CT molecular complexity index is 246. The number of benzene rings is 1. The molecule has 1 aliphatic rings. The molecule has 12 heavy (non-hydrogen) atoms. The van der Waals surface area contributed by atoms with Gasteiger partial charge in [-0.25, -0.2) is 0 Å². The minimum absolute atomic E-state index is 0. The molecule has 1 nitrogen and oxygen atoms in total. The quantitative estimate of drug-likeness (QED) is 0.641. The number of hydrogen-bond acceptors (Lipinski definition) is 1. The molecule has 0 atom stereocenters. The molecule has 68 valence electrons. The maximum atomic E-state index is 5.24. The van der Waals surface area contributed by atoms with Gasteiger partial charge in [-0.3, -0.25) is 0 Å². The van der Waals surface area contributed by atoms with Crippen LogP contribution in [-0.2, 0) is 40.6 Å². The Morgan fingerprint density at radius 1 is 1.17 bits per heavy atom. The molecular weight excluding hydrogens is 243 g/mol. The van der Waals surface area contributed by atoms with Crippen LogP contribution in [0.3, 0.4) is 0 Å². The molecule has 1 aromatic carbocycles. The van der Waals surface area contributed by atoms with Crippen molar-refractivity contribution in [2.75, 3.05) is 0 Å². The van der Waals surface area contributed by atoms with Crippen LogP contribution in [0.25, 0.3) is 0 Å². The molecule has 0 bridgehead atoms. The molecule has 0 N–H and O–H groups in total. The minimum Gasteiger partial charge on any atom is -0.465 e. The van der Waals surface area contributed by atoms with Crippen molar-refractivity contribution in [3.63, 3.8) is 0 Å². The second-order valence-corrected chi connectivity index (χ2v) is 2.30. The van der Waals surface area contributed by atoms with Crippen molar-refractivity contribution in [1.29, 1.82) is 0 Å². The zero-order valence-electron chi connectivity index (χ0n) is 6.26. The van der Waals surface area contributed by atoms with Gasteiger partial charge in [0, 0.05) is 34.1 Å². The summed E-state index contributed by atoms with van der Waals surface area (Å²) in [7, 11) is 0. The second kappa shape index (κ2) is 5.45. The van der Waals surface area contributed by atoms with Gasteiger partial charge in [-0.1, -0.05) is 18.2 Å². The molecular formula is C9H8CuMnO. The van der Waals surface area contributed by atoms with Crippen LogP contribution in [0.1, 0.15) is 5.56 Å². The first kappa shape index (κ1) is 11.8. The Morgan fingerprint density at radius 2 is 1.92 bits per heavy atom. The molecule has 2 radical (unpaired) electrons. The molecule has 3 heteroatoms. The van der Waals surface area contributed by atoms with Gasteiger partial charge in [-0.15, -0.1) is 0 Å². The average molecular weight is 251 g/mol. The van der Waals surface area contributed by atoms with E-state index < -0.39 is 0 Å². The van der Waals surface area contributed by atoms with Gasteiger partial charge in [0.05, 0.1) is 6.26 Å². The molecule has 0 fully saturated rings. The van der Waals surface area contributed by atoms with Crippen LogP contribution in [0.15, 0.2) is 36.6 Å². The van der Waals surface area contributed by atoms with E-state index in [2.05, 4.69) is 6.07 Å². The van der Waals surface area contributed by atoms with Gasteiger partial charge >= 0.3 is 0 Å². The Balaban J connectivity index is 0.000000605. The molecule has 0 saturated heterocycles. The summed E-state index contributed by atoms with van der Waals surface area (Å²) in [6.07, 6.45) is 4.75. The third kappa shape index (κ3) is 2.39. The summed E-state index contributed by atoms with van der Waals surface area (Å²) in [6, 6.07) is 8.08. The fourth-order valence-electron chi connectivity index (χ4n) is 1.08. The van der Waals surface area contributed by atoms with Gasteiger partial charge in [0.25, 0.3) is 0 Å². The minimum atomic E-state index is 0. The van der Waals surface area contributed by atoms with E-state index in [0.29, 0.717) is 0 Å². The molecule has 1 aliphatic heterocycles. The zero-order chi connectivity index (χ0) is 6.81. The van der Waals surface area contributed by atoms with Crippen molar-refractivity contribution in [3.05, 3.63) is 42.2 Å². The topological polar surface area (TPSA) is 9.23 Å². The first-order chi connectivity index (χ1) is 4.97. The van der Waals surface area contributed by atoms with E-state index in [0.717, 1.165) is 12.2 Å². The average Bonchev–Trinajstić information content (AvgIpc) is 2.05. The summed E-state index contributed by atoms with van der Waals surface area (Å²) in [6.45, 7) is 0. The van der Waals surface area contributed by atoms with Gasteiger partial charge < -0.3 is 4.74 Å². The van der Waals surface area contributed by atoms with Crippen molar-refractivity contribution in [2.24, 2.45) is 0 Å². The van der Waals surface area contributed by atoms with Gasteiger partial charge in [0.15, 0.2) is 0 Å². The third-order valence-corrected chi connectivity index (χ3v) is 1.60. The first-order valence-corrected chi connectivity index (χ1v) is 3.36. The van der Waals surface area contributed by atoms with Crippen LogP contribution in [0.2, 0.25) is 0 Å². The van der Waals surface area contributed by atoms with E-state index in [1.54, 1.807) is 6.26 Å². The van der Waals surface area contributed by atoms with Crippen molar-refractivity contribution < 1.29 is 38.9 Å². The Kier molecular flexibility index (Phi) is 5.35. The van der Waals surface area contributed by atoms with E-state index in [-0.39, 0.29) is 34.1 Å². The van der Waals surface area contributed by atoms with E-state index in [1.165, 1.54) is 5.56 Å². The van der Waals surface area contributed by atoms with Crippen LogP contribution in [-0.4, -0.2) is 0 Å². The number of para-hydroxylation sites is 1. The van der Waals surface area contributed by atoms with Crippen molar-refractivity contribution in [1.82, 2.24) is 0 Å². The van der Waals surface area contributed by atoms with Gasteiger partial charge in [-0.2, -0.15) is 0 Å². The van der Waals surface area contributed by atoms with Crippen LogP contribution in [0, 0.1) is 0 Å². The molecule has 1 heterocycles. The number of hydrogen-bond donors (Lipinski definition) is 0. The molecule has 1 aromatic rings. The normalized spacial score (nSPS) is 11.7. The maximum absolute atomic E-state index is 5.24. The van der Waals surface area contributed by atoms with Gasteiger partial charge in [0.1, 0.15) is 5.75 Å². The molecule has 2 rings (SSSR count). The van der Waals surface area contributed by atoms with E-state index >= 15 is 0 Å². The summed E-state index contributed by atoms with van der Waals surface area (Å²) in [5.74, 6) is 0.991. The summed E-state index contributed by atoms with van der Waals surface area (Å²) in [5.41, 5.74) is 1.27. The van der Waals surface area contributed by atoms with Crippen LogP contribution >= 0.6 is 0 Å². The largest absolute Gasteiger partial charge is 0.465 e. The third-order valence-electron chi connectivity index (χ3n) is 1.60. The fraction of sp³-hybridized carbons (Fsp3) is 0.111. The SMILES string of the molecule is C1=COc2ccccc2C1.[Cu].[Mn]. The van der Waals surface area contributed by atoms with Gasteiger partial charge in [-0.05, 0) is 24.1 Å². The molecule has 0 aliphatic carbocycles. The number of rotatable bonds is 0. The Hall–Kier alpha value is -0.201. The van der Waals surface area contributed by atoms with Crippen LogP contribution in [0.5, 0.6) is 5.75 Å². The number of fused-ring (bicyclic) bond motifs is 1. The number of ether oxygens (including phenoxy) is 1. The fourth-order valence-corrected chi connectivity index (χ4v) is 1.08. The van der Waals surface area contributed by atoms with Crippen molar-refractivity contribution in [3.8, 4) is 5.75 Å². The summed E-state index contributed by atoms with van der Waals surface area (Å²) >= 11 is 0. The smallest absolute Gasteiger partial charge is 0.130 e. The summed E-state index contributed by atoms with van der Waals surface area (Å²) < 4.78 is 5.24. The van der Waals surface area contributed by atoms with Gasteiger partial charge in [0.2, 0.25) is 0 Å². The zero-order valence-corrected chi connectivity index (χ0v) is 8.38. The Labute approximate surface area is 93.1 Å². The van der Waals surface area contributed by atoms with Crippen molar-refractivity contribution >= 4 is 0 Å². The van der Waals surface area contributed by atoms with E-state index in [9.17, 15) is 0 Å². The number of allylic oxidation sites excluding steroid dienone is 1. The monoisotopic (exact) mass is 250 g/mol. The van der Waals surface area contributed by atoms with Crippen LogP contribution < -0.4 is 4.74 Å². The molecule has 0 saturated carbocycles. The predicted octanol–water partition coefficient (Wildman–Crippen LogP) is 2.13. The van der Waals surface area contributed by atoms with Crippen LogP contribution in [0.4, 0.5) is 0 Å². The molecule has 0 amide bonds. The van der Waals surface area contributed by atoms with E-state index in [4.69, 9.17) is 4.74 Å². The Morgan fingerprint density at radius 3 is 2.67 bits per heavy atom. The standard InChI is InChI=1S/C9H8O.Cu.Mn/c1-2-6-9-8(4-1)5-3-7-10-9;;/h1-4,6-7H,5H2;;. The predicted molar refractivity (Wildman–Crippen MR) is 39.9 cm³/mol.